The number of aliphatic hydroxyl groups is 1. The van der Waals surface area contributed by atoms with Gasteiger partial charge in [-0.25, -0.2) is 4.79 Å². The highest BCUT2D eigenvalue weighted by Gasteiger charge is 2.60. The molecule has 4 atom stereocenters. The predicted octanol–water partition coefficient (Wildman–Crippen LogP) is 2.65. The summed E-state index contributed by atoms with van der Waals surface area (Å²) in [6.07, 6.45) is -0.679. The number of aromatic amines is 1. The fourth-order valence-corrected chi connectivity index (χ4v) is 6.03. The number of aromatic nitrogens is 2. The second-order valence-corrected chi connectivity index (χ2v) is 10.3. The van der Waals surface area contributed by atoms with E-state index in [1.165, 1.54) is 10.8 Å². The molecule has 4 aromatic carbocycles. The van der Waals surface area contributed by atoms with Gasteiger partial charge < -0.3 is 19.9 Å². The Hall–Kier alpha value is -4.49. The molecule has 3 heterocycles. The number of rotatable bonds is 4. The van der Waals surface area contributed by atoms with Crippen molar-refractivity contribution in [3.63, 3.8) is 0 Å². The Morgan fingerprint density at radius 1 is 1.10 bits per heavy atom. The van der Waals surface area contributed by atoms with Gasteiger partial charge in [0.05, 0.1) is 13.2 Å². The maximum atomic E-state index is 13.2. The first-order chi connectivity index (χ1) is 19.4. The number of ether oxygens (including phenoxy) is 2. The summed E-state index contributed by atoms with van der Waals surface area (Å²) in [4.78, 5) is 40.4. The fraction of sp³-hybridized carbons (Fsp3) is 0.258. The van der Waals surface area contributed by atoms with E-state index in [2.05, 4.69) is 46.4 Å². The highest BCUT2D eigenvalue weighted by molar-refractivity contribution is 6.26. The Labute approximate surface area is 227 Å². The number of nitrogens with one attached hydrogen (secondary N) is 2. The smallest absolute Gasteiger partial charge is 0.330 e. The van der Waals surface area contributed by atoms with Crippen LogP contribution in [0.2, 0.25) is 0 Å². The monoisotopic (exact) mass is 535 g/mol. The molecule has 5 aromatic rings. The van der Waals surface area contributed by atoms with E-state index >= 15 is 0 Å². The summed E-state index contributed by atoms with van der Waals surface area (Å²) >= 11 is 0. The zero-order valence-corrected chi connectivity index (χ0v) is 21.6. The lowest BCUT2D eigenvalue weighted by Gasteiger charge is -2.30. The number of amides is 1. The molecule has 1 amide bonds. The van der Waals surface area contributed by atoms with Gasteiger partial charge in [0, 0.05) is 11.8 Å². The van der Waals surface area contributed by atoms with Crippen LogP contribution >= 0.6 is 0 Å². The molecular weight excluding hydrogens is 510 g/mol. The first kappa shape index (κ1) is 24.5. The van der Waals surface area contributed by atoms with Crippen molar-refractivity contribution in [1.82, 2.24) is 14.9 Å². The van der Waals surface area contributed by atoms with Gasteiger partial charge in [0.2, 0.25) is 0 Å². The summed E-state index contributed by atoms with van der Waals surface area (Å²) in [5, 5.41) is 19.7. The second kappa shape index (κ2) is 9.03. The Morgan fingerprint density at radius 2 is 1.82 bits per heavy atom. The Kier molecular flexibility index (Phi) is 5.54. The van der Waals surface area contributed by atoms with Crippen LogP contribution in [0.25, 0.3) is 32.3 Å². The third-order valence-corrected chi connectivity index (χ3v) is 8.18. The minimum absolute atomic E-state index is 0.0112. The molecule has 2 fully saturated rings. The highest BCUT2D eigenvalue weighted by atomic mass is 16.6. The third-order valence-electron chi connectivity index (χ3n) is 8.18. The Balaban J connectivity index is 1.14. The normalized spacial score (nSPS) is 23.6. The van der Waals surface area contributed by atoms with E-state index in [1.54, 1.807) is 6.07 Å². The standard InChI is InChI=1S/C31H25N3O6/c1-2-31-16-39-25(26(31)35)29(40-31)34-15-20(27(36)33-30(34)38)7-4-14-32-28(37)22-13-11-19-9-8-17-5-3-6-18-10-12-21(22)24(19)23(17)18/h3,5-6,8-13,15,25-26,29,35H,2,14,16H2,1H3,(H,32,37)(H,33,36,38)/t25?,26-,29-,31+/m1/s1. The fourth-order valence-electron chi connectivity index (χ4n) is 6.03. The van der Waals surface area contributed by atoms with Crippen LogP contribution in [-0.4, -0.2) is 51.5 Å². The highest BCUT2D eigenvalue weighted by Crippen LogP contribution is 2.46. The van der Waals surface area contributed by atoms with E-state index in [-0.39, 0.29) is 24.6 Å². The lowest BCUT2D eigenvalue weighted by molar-refractivity contribution is -0.175. The lowest BCUT2D eigenvalue weighted by Crippen LogP contribution is -2.41. The molecule has 200 valence electrons. The van der Waals surface area contributed by atoms with Crippen LogP contribution in [0.15, 0.2) is 70.4 Å². The van der Waals surface area contributed by atoms with Gasteiger partial charge in [0.25, 0.3) is 11.5 Å². The number of aliphatic hydroxyl groups excluding tert-OH is 1. The van der Waals surface area contributed by atoms with Crippen LogP contribution in [0.1, 0.15) is 35.5 Å². The van der Waals surface area contributed by atoms with E-state index in [1.807, 2.05) is 31.2 Å². The molecule has 2 aliphatic rings. The summed E-state index contributed by atoms with van der Waals surface area (Å²) in [5.74, 6) is 5.26. The molecule has 0 radical (unpaired) electrons. The van der Waals surface area contributed by atoms with E-state index in [0.29, 0.717) is 12.0 Å². The zero-order valence-electron chi connectivity index (χ0n) is 21.6. The molecule has 1 unspecified atom stereocenters. The number of fused-ring (bicyclic) bond motifs is 2. The summed E-state index contributed by atoms with van der Waals surface area (Å²) in [7, 11) is 0. The number of hydrogen-bond donors (Lipinski definition) is 3. The van der Waals surface area contributed by atoms with Crippen molar-refractivity contribution in [2.45, 2.75) is 37.4 Å². The molecule has 9 heteroatoms. The van der Waals surface area contributed by atoms with Crippen LogP contribution in [0.4, 0.5) is 0 Å². The molecule has 1 aromatic heterocycles. The number of carbonyl (C=O) groups excluding carboxylic acids is 1. The maximum Gasteiger partial charge on any atom is 0.330 e. The van der Waals surface area contributed by atoms with Gasteiger partial charge in [-0.15, -0.1) is 0 Å². The van der Waals surface area contributed by atoms with Crippen molar-refractivity contribution in [2.24, 2.45) is 0 Å². The molecule has 0 aliphatic carbocycles. The van der Waals surface area contributed by atoms with Gasteiger partial charge in [-0.3, -0.25) is 19.1 Å². The zero-order chi connectivity index (χ0) is 27.6. The van der Waals surface area contributed by atoms with Gasteiger partial charge in [0.1, 0.15) is 23.4 Å². The van der Waals surface area contributed by atoms with Gasteiger partial charge in [-0.2, -0.15) is 0 Å². The number of benzene rings is 4. The van der Waals surface area contributed by atoms with Crippen molar-refractivity contribution >= 4 is 38.2 Å². The van der Waals surface area contributed by atoms with Crippen LogP contribution in [0.3, 0.4) is 0 Å². The topological polar surface area (TPSA) is 123 Å². The SMILES string of the molecule is CC[C@@]12COC([C@H](n3cc(C#CCNC(=O)c4ccc5ccc6cccc7ccc4c5c67)c(=O)[nH]c3=O)O1)[C@H]2O. The molecule has 0 saturated carbocycles. The van der Waals surface area contributed by atoms with Crippen LogP contribution in [0, 0.1) is 11.8 Å². The summed E-state index contributed by atoms with van der Waals surface area (Å²) < 4.78 is 12.9. The number of carbonyl (C=O) groups is 1. The lowest BCUT2D eigenvalue weighted by atomic mass is 9.92. The van der Waals surface area contributed by atoms with Crippen molar-refractivity contribution in [3.8, 4) is 11.8 Å². The molecule has 0 spiro atoms. The Morgan fingerprint density at radius 3 is 2.58 bits per heavy atom. The van der Waals surface area contributed by atoms with E-state index in [9.17, 15) is 19.5 Å². The van der Waals surface area contributed by atoms with Crippen molar-refractivity contribution < 1.29 is 19.4 Å². The maximum absolute atomic E-state index is 13.2. The summed E-state index contributed by atoms with van der Waals surface area (Å²) in [6.45, 7) is 2.10. The molecule has 3 N–H and O–H groups in total. The first-order valence-electron chi connectivity index (χ1n) is 13.2. The van der Waals surface area contributed by atoms with Gasteiger partial charge in [0.15, 0.2) is 6.23 Å². The quantitative estimate of drug-likeness (QED) is 0.240. The van der Waals surface area contributed by atoms with Crippen molar-refractivity contribution in [2.75, 3.05) is 13.2 Å². The molecular formula is C31H25N3O6. The average Bonchev–Trinajstić information content (AvgIpc) is 3.44. The summed E-state index contributed by atoms with van der Waals surface area (Å²) in [5.41, 5.74) is -1.65. The minimum atomic E-state index is -0.886. The molecule has 2 aliphatic heterocycles. The number of hydrogen-bond acceptors (Lipinski definition) is 6. The van der Waals surface area contributed by atoms with Gasteiger partial charge >= 0.3 is 5.69 Å². The second-order valence-electron chi connectivity index (χ2n) is 10.3. The predicted molar refractivity (Wildman–Crippen MR) is 150 cm³/mol. The van der Waals surface area contributed by atoms with Crippen LogP contribution in [-0.2, 0) is 9.47 Å². The molecule has 2 saturated heterocycles. The molecule has 2 bridgehead atoms. The minimum Gasteiger partial charge on any atom is -0.387 e. The first-order valence-corrected chi connectivity index (χ1v) is 13.2. The summed E-state index contributed by atoms with van der Waals surface area (Å²) in [6, 6.07) is 18.0. The van der Waals surface area contributed by atoms with E-state index in [4.69, 9.17) is 9.47 Å². The van der Waals surface area contributed by atoms with Crippen LogP contribution in [0.5, 0.6) is 0 Å². The molecule has 9 nitrogen and oxygen atoms in total. The number of nitrogens with zero attached hydrogens (tertiary/aromatic N) is 1. The number of H-pyrrole nitrogens is 1. The third kappa shape index (κ3) is 3.58. The van der Waals surface area contributed by atoms with Crippen LogP contribution < -0.4 is 16.6 Å². The van der Waals surface area contributed by atoms with E-state index < -0.39 is 35.3 Å². The average molecular weight is 536 g/mol. The van der Waals surface area contributed by atoms with E-state index in [0.717, 1.165) is 32.3 Å². The van der Waals surface area contributed by atoms with Crippen molar-refractivity contribution in [1.29, 1.82) is 0 Å². The Bertz CT molecular complexity index is 1980. The van der Waals surface area contributed by atoms with Crippen molar-refractivity contribution in [3.05, 3.63) is 92.8 Å². The van der Waals surface area contributed by atoms with Gasteiger partial charge in [-0.1, -0.05) is 67.3 Å². The largest absolute Gasteiger partial charge is 0.387 e. The molecule has 40 heavy (non-hydrogen) atoms. The molecule has 7 rings (SSSR count). The van der Waals surface area contributed by atoms with Gasteiger partial charge in [-0.05, 0) is 44.8 Å².